The molecule has 31 heavy (non-hydrogen) atoms. The van der Waals surface area contributed by atoms with Crippen LogP contribution in [0.15, 0.2) is 28.9 Å². The molecule has 3 heterocycles. The van der Waals surface area contributed by atoms with E-state index in [1.54, 1.807) is 12.1 Å². The minimum absolute atomic E-state index is 0.115. The number of hydrogen-bond donors (Lipinski definition) is 4. The maximum atomic E-state index is 13.2. The highest BCUT2D eigenvalue weighted by Gasteiger charge is 2.72. The van der Waals surface area contributed by atoms with Crippen LogP contribution in [0, 0.1) is 0 Å². The minimum Gasteiger partial charge on any atom is -0.480 e. The molecule has 2 fully saturated rings. The van der Waals surface area contributed by atoms with Crippen LogP contribution in [-0.2, 0) is 30.7 Å². The lowest BCUT2D eigenvalue weighted by Crippen LogP contribution is -2.59. The average molecular weight is 452 g/mol. The van der Waals surface area contributed by atoms with Gasteiger partial charge in [0.15, 0.2) is 27.2 Å². The average Bonchev–Trinajstić information content (AvgIpc) is 2.85. The second-order valence-electron chi connectivity index (χ2n) is 7.20. The lowest BCUT2D eigenvalue weighted by Gasteiger charge is -2.37. The lowest BCUT2D eigenvalue weighted by molar-refractivity contribution is -0.153. The maximum absolute atomic E-state index is 13.2. The van der Waals surface area contributed by atoms with Crippen molar-refractivity contribution in [3.05, 3.63) is 35.2 Å². The summed E-state index contributed by atoms with van der Waals surface area (Å²) in [5, 5.41) is 8.09. The number of pyridine rings is 1. The van der Waals surface area contributed by atoms with Crippen molar-refractivity contribution in [3.63, 3.8) is 0 Å². The van der Waals surface area contributed by atoms with E-state index >= 15 is 0 Å². The smallest absolute Gasteiger partial charge is 0.404 e. The molecule has 0 spiro atoms. The molecule has 7 N–H and O–H groups in total. The number of ether oxygens (including phenoxy) is 1. The number of aliphatic carboxylic acids is 1. The molecule has 2 aliphatic heterocycles. The number of nitrogens with zero attached hydrogens (tertiary/aromatic N) is 3. The molecule has 3 rings (SSSR count). The third-order valence-electron chi connectivity index (χ3n) is 5.13. The number of aliphatic imine (C=N–C) groups is 1. The number of carboxylic acids is 1. The zero-order valence-electron chi connectivity index (χ0n) is 16.3. The van der Waals surface area contributed by atoms with E-state index in [0.717, 1.165) is 11.8 Å². The van der Waals surface area contributed by atoms with Gasteiger partial charge in [-0.1, -0.05) is 0 Å². The Kier molecular flexibility index (Phi) is 5.35. The van der Waals surface area contributed by atoms with Crippen LogP contribution in [0.5, 0.6) is 0 Å². The molecular formula is C17H20N6O7S. The number of carbonyl (C=O) groups excluding carboxylic acids is 2. The van der Waals surface area contributed by atoms with Crippen LogP contribution in [0.2, 0.25) is 0 Å². The Bertz CT molecular complexity index is 1130. The fourth-order valence-electron chi connectivity index (χ4n) is 3.62. The molecule has 166 valence electrons. The molecule has 1 aromatic rings. The molecule has 0 saturated carbocycles. The van der Waals surface area contributed by atoms with E-state index in [2.05, 4.69) is 14.7 Å². The molecule has 1 aromatic heterocycles. The third-order valence-corrected chi connectivity index (χ3v) is 7.84. The van der Waals surface area contributed by atoms with Crippen molar-refractivity contribution < 1.29 is 32.6 Å². The molecule has 2 aliphatic rings. The van der Waals surface area contributed by atoms with Crippen molar-refractivity contribution in [1.82, 2.24) is 9.88 Å². The Labute approximate surface area is 176 Å². The van der Waals surface area contributed by atoms with Gasteiger partial charge in [0.1, 0.15) is 11.4 Å². The first-order chi connectivity index (χ1) is 14.4. The lowest BCUT2D eigenvalue weighted by atomic mass is 9.94. The second-order valence-corrected chi connectivity index (χ2v) is 9.67. The number of primary amides is 1. The molecular weight excluding hydrogens is 432 g/mol. The van der Waals surface area contributed by atoms with Crippen molar-refractivity contribution in [2.24, 2.45) is 22.2 Å². The fourth-order valence-corrected chi connectivity index (χ4v) is 5.90. The van der Waals surface area contributed by atoms with Gasteiger partial charge in [0, 0.05) is 6.20 Å². The number of rotatable bonds is 6. The van der Waals surface area contributed by atoms with Crippen LogP contribution >= 0.6 is 0 Å². The van der Waals surface area contributed by atoms with Gasteiger partial charge in [-0.3, -0.25) is 9.78 Å². The topological polar surface area (TPSA) is 221 Å². The zero-order valence-corrected chi connectivity index (χ0v) is 17.1. The Hall–Kier alpha value is -3.68. The number of hydrogen-bond acceptors (Lipinski definition) is 8. The van der Waals surface area contributed by atoms with Gasteiger partial charge < -0.3 is 31.9 Å². The van der Waals surface area contributed by atoms with Crippen molar-refractivity contribution in [2.75, 3.05) is 6.61 Å². The molecule has 2 saturated heterocycles. The summed E-state index contributed by atoms with van der Waals surface area (Å²) < 4.78 is 28.9. The van der Waals surface area contributed by atoms with E-state index in [1.165, 1.54) is 12.3 Å². The summed E-state index contributed by atoms with van der Waals surface area (Å²) in [6.45, 7) is 0.426. The van der Waals surface area contributed by atoms with Crippen LogP contribution in [0.4, 0.5) is 4.79 Å². The van der Waals surface area contributed by atoms with Crippen LogP contribution < -0.4 is 17.2 Å². The van der Waals surface area contributed by atoms with Gasteiger partial charge in [0.05, 0.1) is 17.8 Å². The third kappa shape index (κ3) is 3.54. The first kappa shape index (κ1) is 22.0. The molecule has 0 aliphatic carbocycles. The number of fused-ring (bicyclic) bond motifs is 1. The van der Waals surface area contributed by atoms with E-state index in [0.29, 0.717) is 5.56 Å². The van der Waals surface area contributed by atoms with Crippen molar-refractivity contribution >= 4 is 39.8 Å². The highest BCUT2D eigenvalue weighted by atomic mass is 32.2. The Balaban J connectivity index is 2.00. The van der Waals surface area contributed by atoms with Gasteiger partial charge in [-0.2, -0.15) is 0 Å². The summed E-state index contributed by atoms with van der Waals surface area (Å²) >= 11 is 0. The fraction of sp³-hybridized carbons (Fsp3) is 0.353. The number of nitrogens with two attached hydrogens (primary N) is 3. The van der Waals surface area contributed by atoms with E-state index in [4.69, 9.17) is 17.2 Å². The minimum atomic E-state index is -4.31. The summed E-state index contributed by atoms with van der Waals surface area (Å²) in [4.78, 5) is 44.2. The Morgan fingerprint density at radius 3 is 2.65 bits per heavy atom. The number of sulfone groups is 1. The number of carbonyl (C=O) groups is 3. The summed E-state index contributed by atoms with van der Waals surface area (Å²) in [5.74, 6) is -2.44. The van der Waals surface area contributed by atoms with Crippen molar-refractivity contribution in [1.29, 1.82) is 0 Å². The zero-order chi connectivity index (χ0) is 23.1. The molecule has 13 nitrogen and oxygen atoms in total. The molecule has 3 atom stereocenters. The summed E-state index contributed by atoms with van der Waals surface area (Å²) in [6, 6.07) is 1.43. The predicted octanol–water partition coefficient (Wildman–Crippen LogP) is -1.86. The standard InChI is InChI=1S/C17H20N6O7S/c1-17(7-30-16(20)27)11(14(25)26)23-12(24)10(13(23)31(17,28)29)5-9-4-8(2-3-21-9)6-22-15(18)19/h2-5,11,13H,6-7H2,1H3,(H2,20,27)(H,25,26)(H4,18,19,22)/t11-,13+,17-/m0/s1. The summed E-state index contributed by atoms with van der Waals surface area (Å²) in [7, 11) is -4.31. The Morgan fingerprint density at radius 1 is 1.39 bits per heavy atom. The SMILES string of the molecule is C[C@]1(COC(N)=O)[C@H](C(=O)O)N2C(=O)C(=Cc3cc(CN=C(N)N)ccn3)[C@H]2S1(=O)=O. The second kappa shape index (κ2) is 7.54. The molecule has 0 bridgehead atoms. The van der Waals surface area contributed by atoms with Crippen molar-refractivity contribution in [2.45, 2.75) is 29.6 Å². The van der Waals surface area contributed by atoms with E-state index in [-0.39, 0.29) is 23.8 Å². The monoisotopic (exact) mass is 452 g/mol. The number of β-lactam (4-membered cyclic amide) rings is 1. The molecule has 0 unspecified atom stereocenters. The normalized spacial score (nSPS) is 27.3. The van der Waals surface area contributed by atoms with Gasteiger partial charge in [-0.05, 0) is 30.7 Å². The van der Waals surface area contributed by atoms with Gasteiger partial charge >= 0.3 is 12.1 Å². The van der Waals surface area contributed by atoms with Crippen molar-refractivity contribution in [3.8, 4) is 0 Å². The Morgan fingerprint density at radius 2 is 2.06 bits per heavy atom. The largest absolute Gasteiger partial charge is 0.480 e. The summed E-state index contributed by atoms with van der Waals surface area (Å²) in [5.41, 5.74) is 16.3. The van der Waals surface area contributed by atoms with Gasteiger partial charge in [0.25, 0.3) is 5.91 Å². The molecule has 2 amide bonds. The van der Waals surface area contributed by atoms with Crippen LogP contribution in [0.25, 0.3) is 6.08 Å². The molecule has 0 radical (unpaired) electrons. The van der Waals surface area contributed by atoms with Gasteiger partial charge in [0.2, 0.25) is 0 Å². The maximum Gasteiger partial charge on any atom is 0.404 e. The summed E-state index contributed by atoms with van der Waals surface area (Å²) in [6.07, 6.45) is 1.43. The number of aromatic nitrogens is 1. The number of amides is 2. The highest BCUT2D eigenvalue weighted by molar-refractivity contribution is 7.94. The highest BCUT2D eigenvalue weighted by Crippen LogP contribution is 2.49. The van der Waals surface area contributed by atoms with Crippen LogP contribution in [0.1, 0.15) is 18.2 Å². The first-order valence-corrected chi connectivity index (χ1v) is 10.4. The quantitative estimate of drug-likeness (QED) is 0.163. The molecule has 0 aromatic carbocycles. The van der Waals surface area contributed by atoms with Gasteiger partial charge in [-0.15, -0.1) is 0 Å². The van der Waals surface area contributed by atoms with Crippen LogP contribution in [0.3, 0.4) is 0 Å². The van der Waals surface area contributed by atoms with Gasteiger partial charge in [-0.25, -0.2) is 23.0 Å². The first-order valence-electron chi connectivity index (χ1n) is 8.83. The van der Waals surface area contributed by atoms with E-state index in [1.807, 2.05) is 0 Å². The predicted molar refractivity (Wildman–Crippen MR) is 107 cm³/mol. The van der Waals surface area contributed by atoms with E-state index in [9.17, 15) is 27.9 Å². The number of guanidine groups is 1. The number of carboxylic acid groups (broad SMARTS) is 1. The molecule has 14 heteroatoms. The van der Waals surface area contributed by atoms with Crippen LogP contribution in [-0.4, -0.2) is 70.1 Å². The van der Waals surface area contributed by atoms with E-state index < -0.39 is 50.6 Å².